The van der Waals surface area contributed by atoms with Gasteiger partial charge in [-0.05, 0) is 28.8 Å². The minimum atomic E-state index is -0.806. The number of pyridine rings is 1. The highest BCUT2D eigenvalue weighted by molar-refractivity contribution is 5.84. The number of nitrogens with two attached hydrogens (primary N) is 1. The lowest BCUT2D eigenvalue weighted by Crippen LogP contribution is -2.45. The normalized spacial score (nSPS) is 11.5. The average molecular weight is 299 g/mol. The number of nitrogens with one attached hydrogen (secondary N) is 1. The maximum Gasteiger partial charge on any atom is 0.407 e. The number of hydrogen-bond donors (Lipinski definition) is 2. The molecule has 6 nitrogen and oxygen atoms in total. The van der Waals surface area contributed by atoms with Crippen molar-refractivity contribution in [2.24, 2.45) is 5.73 Å². The van der Waals surface area contributed by atoms with Gasteiger partial charge in [-0.25, -0.2) is 4.79 Å². The summed E-state index contributed by atoms with van der Waals surface area (Å²) in [5, 5.41) is 2.42. The number of aromatic nitrogens is 1. The molecular formula is C16H17N3O3. The van der Waals surface area contributed by atoms with Crippen LogP contribution in [0.15, 0.2) is 48.8 Å². The maximum atomic E-state index is 11.4. The van der Waals surface area contributed by atoms with E-state index < -0.39 is 18.0 Å². The second-order valence-electron chi connectivity index (χ2n) is 4.73. The highest BCUT2D eigenvalue weighted by Crippen LogP contribution is 2.19. The van der Waals surface area contributed by atoms with Gasteiger partial charge in [-0.15, -0.1) is 0 Å². The van der Waals surface area contributed by atoms with Crippen LogP contribution < -0.4 is 11.1 Å². The van der Waals surface area contributed by atoms with E-state index in [9.17, 15) is 9.59 Å². The number of nitrogens with zero attached hydrogens (tertiary/aromatic N) is 1. The quantitative estimate of drug-likeness (QED) is 0.874. The van der Waals surface area contributed by atoms with Gasteiger partial charge < -0.3 is 15.8 Å². The molecule has 0 fully saturated rings. The molecule has 0 aliphatic carbocycles. The van der Waals surface area contributed by atoms with Gasteiger partial charge in [0.25, 0.3) is 0 Å². The molecule has 22 heavy (non-hydrogen) atoms. The Kier molecular flexibility index (Phi) is 5.08. The van der Waals surface area contributed by atoms with Crippen molar-refractivity contribution >= 4 is 12.0 Å². The Morgan fingerprint density at radius 2 is 1.73 bits per heavy atom. The zero-order valence-corrected chi connectivity index (χ0v) is 12.2. The van der Waals surface area contributed by atoms with Crippen LogP contribution in [0.25, 0.3) is 11.1 Å². The Morgan fingerprint density at radius 1 is 1.14 bits per heavy atom. The van der Waals surface area contributed by atoms with Crippen LogP contribution in [-0.2, 0) is 16.0 Å². The molecule has 0 bridgehead atoms. The van der Waals surface area contributed by atoms with Gasteiger partial charge in [0, 0.05) is 18.8 Å². The Bertz CT molecular complexity index is 641. The van der Waals surface area contributed by atoms with Crippen molar-refractivity contribution in [1.29, 1.82) is 0 Å². The van der Waals surface area contributed by atoms with Gasteiger partial charge in [0.15, 0.2) is 0 Å². The van der Waals surface area contributed by atoms with Gasteiger partial charge in [0.1, 0.15) is 6.04 Å². The Morgan fingerprint density at radius 3 is 2.27 bits per heavy atom. The standard InChI is InChI=1S/C16H17N3O3/c1-22-16(21)19-14(15(17)20)10-11-2-4-12(5-3-11)13-6-8-18-9-7-13/h2-9,14H,10H2,1H3,(H2,17,20)(H,19,21)/t14-/m0/s1. The molecule has 0 radical (unpaired) electrons. The van der Waals surface area contributed by atoms with Crippen LogP contribution >= 0.6 is 0 Å². The van der Waals surface area contributed by atoms with Gasteiger partial charge in [-0.1, -0.05) is 24.3 Å². The molecule has 0 unspecified atom stereocenters. The second-order valence-corrected chi connectivity index (χ2v) is 4.73. The number of primary amides is 1. The van der Waals surface area contributed by atoms with Crippen LogP contribution in [0.1, 0.15) is 5.56 Å². The van der Waals surface area contributed by atoms with Crippen molar-refractivity contribution < 1.29 is 14.3 Å². The van der Waals surface area contributed by atoms with E-state index in [1.165, 1.54) is 7.11 Å². The molecular weight excluding hydrogens is 282 g/mol. The van der Waals surface area contributed by atoms with Crippen LogP contribution in [0.5, 0.6) is 0 Å². The average Bonchev–Trinajstić information content (AvgIpc) is 2.55. The molecule has 6 heteroatoms. The van der Waals surface area contributed by atoms with Crippen LogP contribution in [-0.4, -0.2) is 30.1 Å². The summed E-state index contributed by atoms with van der Waals surface area (Å²) in [6.07, 6.45) is 3.08. The van der Waals surface area contributed by atoms with Gasteiger partial charge in [0.05, 0.1) is 7.11 Å². The lowest BCUT2D eigenvalue weighted by atomic mass is 10.0. The number of amides is 2. The highest BCUT2D eigenvalue weighted by Gasteiger charge is 2.18. The minimum absolute atomic E-state index is 0.307. The van der Waals surface area contributed by atoms with E-state index in [0.29, 0.717) is 6.42 Å². The molecule has 0 aliphatic rings. The van der Waals surface area contributed by atoms with Crippen molar-refractivity contribution in [3.05, 3.63) is 54.4 Å². The van der Waals surface area contributed by atoms with E-state index in [-0.39, 0.29) is 0 Å². The third-order valence-corrected chi connectivity index (χ3v) is 3.23. The number of alkyl carbamates (subject to hydrolysis) is 1. The van der Waals surface area contributed by atoms with Crippen molar-refractivity contribution in [2.75, 3.05) is 7.11 Å². The summed E-state index contributed by atoms with van der Waals surface area (Å²) in [5.41, 5.74) is 8.28. The number of methoxy groups -OCH3 is 1. The molecule has 3 N–H and O–H groups in total. The SMILES string of the molecule is COC(=O)N[C@@H](Cc1ccc(-c2ccncc2)cc1)C(N)=O. The zero-order valence-electron chi connectivity index (χ0n) is 12.2. The molecule has 114 valence electrons. The minimum Gasteiger partial charge on any atom is -0.453 e. The molecule has 1 heterocycles. The summed E-state index contributed by atoms with van der Waals surface area (Å²) in [6, 6.07) is 10.7. The lowest BCUT2D eigenvalue weighted by Gasteiger charge is -2.14. The molecule has 1 atom stereocenters. The van der Waals surface area contributed by atoms with Gasteiger partial charge in [-0.2, -0.15) is 0 Å². The first-order valence-corrected chi connectivity index (χ1v) is 6.73. The molecule has 2 rings (SSSR count). The number of hydrogen-bond acceptors (Lipinski definition) is 4. The van der Waals surface area contributed by atoms with E-state index in [1.807, 2.05) is 36.4 Å². The van der Waals surface area contributed by atoms with E-state index in [1.54, 1.807) is 12.4 Å². The largest absolute Gasteiger partial charge is 0.453 e. The van der Waals surface area contributed by atoms with Crippen molar-refractivity contribution in [2.45, 2.75) is 12.5 Å². The number of rotatable bonds is 5. The van der Waals surface area contributed by atoms with Crippen molar-refractivity contribution in [3.8, 4) is 11.1 Å². The maximum absolute atomic E-state index is 11.4. The van der Waals surface area contributed by atoms with Crippen LogP contribution in [0.4, 0.5) is 4.79 Å². The molecule has 0 aliphatic heterocycles. The van der Waals surface area contributed by atoms with Crippen molar-refractivity contribution in [1.82, 2.24) is 10.3 Å². The van der Waals surface area contributed by atoms with Crippen molar-refractivity contribution in [3.63, 3.8) is 0 Å². The molecule has 2 amide bonds. The fourth-order valence-electron chi connectivity index (χ4n) is 2.04. The Balaban J connectivity index is 2.09. The van der Waals surface area contributed by atoms with E-state index in [0.717, 1.165) is 16.7 Å². The summed E-state index contributed by atoms with van der Waals surface area (Å²) in [6.45, 7) is 0. The van der Waals surface area contributed by atoms with E-state index in [4.69, 9.17) is 5.73 Å². The number of benzene rings is 1. The summed E-state index contributed by atoms with van der Waals surface area (Å²) in [7, 11) is 1.23. The zero-order chi connectivity index (χ0) is 15.9. The predicted octanol–water partition coefficient (Wildman–Crippen LogP) is 1.50. The first-order valence-electron chi connectivity index (χ1n) is 6.73. The lowest BCUT2D eigenvalue weighted by molar-refractivity contribution is -0.119. The van der Waals surface area contributed by atoms with Crippen LogP contribution in [0.3, 0.4) is 0 Å². The summed E-state index contributed by atoms with van der Waals surface area (Å²) in [4.78, 5) is 26.6. The third kappa shape index (κ3) is 4.05. The number of ether oxygens (including phenoxy) is 1. The Hall–Kier alpha value is -2.89. The predicted molar refractivity (Wildman–Crippen MR) is 81.9 cm³/mol. The monoisotopic (exact) mass is 299 g/mol. The highest BCUT2D eigenvalue weighted by atomic mass is 16.5. The number of carbonyl (C=O) groups excluding carboxylic acids is 2. The van der Waals surface area contributed by atoms with Gasteiger partial charge >= 0.3 is 6.09 Å². The third-order valence-electron chi connectivity index (χ3n) is 3.23. The number of carbonyl (C=O) groups is 2. The van der Waals surface area contributed by atoms with Gasteiger partial charge in [0.2, 0.25) is 5.91 Å². The summed E-state index contributed by atoms with van der Waals surface area (Å²) >= 11 is 0. The first-order chi connectivity index (χ1) is 10.6. The molecule has 0 saturated heterocycles. The van der Waals surface area contributed by atoms with Crippen LogP contribution in [0.2, 0.25) is 0 Å². The fraction of sp³-hybridized carbons (Fsp3) is 0.188. The van der Waals surface area contributed by atoms with E-state index in [2.05, 4.69) is 15.0 Å². The topological polar surface area (TPSA) is 94.3 Å². The first kappa shape index (κ1) is 15.5. The summed E-state index contributed by atoms with van der Waals surface area (Å²) in [5.74, 6) is -0.608. The molecule has 2 aromatic rings. The van der Waals surface area contributed by atoms with Gasteiger partial charge in [-0.3, -0.25) is 9.78 Å². The summed E-state index contributed by atoms with van der Waals surface area (Å²) < 4.78 is 4.48. The molecule has 0 spiro atoms. The smallest absolute Gasteiger partial charge is 0.407 e. The molecule has 0 saturated carbocycles. The Labute approximate surface area is 128 Å². The molecule has 1 aromatic heterocycles. The van der Waals surface area contributed by atoms with E-state index >= 15 is 0 Å². The molecule has 1 aromatic carbocycles. The fourth-order valence-corrected chi connectivity index (χ4v) is 2.04. The second kappa shape index (κ2) is 7.21. The van der Waals surface area contributed by atoms with Crippen LogP contribution in [0, 0.1) is 0 Å².